The molecule has 27 heavy (non-hydrogen) atoms. The lowest BCUT2D eigenvalue weighted by atomic mass is 10.1. The van der Waals surface area contributed by atoms with Crippen LogP contribution in [0.25, 0.3) is 0 Å². The quantitative estimate of drug-likeness (QED) is 0.548. The largest absolute Gasteiger partial charge is 0.462 e. The highest BCUT2D eigenvalue weighted by molar-refractivity contribution is 6.01. The van der Waals surface area contributed by atoms with Gasteiger partial charge in [0.15, 0.2) is 0 Å². The fourth-order valence-electron chi connectivity index (χ4n) is 2.45. The van der Waals surface area contributed by atoms with Gasteiger partial charge in [0.05, 0.1) is 24.3 Å². The minimum atomic E-state index is -0.445. The number of benzene rings is 2. The number of amides is 2. The second-order valence-corrected chi connectivity index (χ2v) is 6.14. The van der Waals surface area contributed by atoms with Gasteiger partial charge in [0.2, 0.25) is 11.8 Å². The average Bonchev–Trinajstić information content (AvgIpc) is 2.63. The molecule has 142 valence electrons. The van der Waals surface area contributed by atoms with Crippen LogP contribution in [0.4, 0.5) is 11.4 Å². The summed E-state index contributed by atoms with van der Waals surface area (Å²) in [7, 11) is 0. The van der Waals surface area contributed by atoms with Crippen LogP contribution in [0.2, 0.25) is 0 Å². The molecule has 0 spiro atoms. The highest BCUT2D eigenvalue weighted by atomic mass is 16.5. The Morgan fingerprint density at radius 3 is 2.33 bits per heavy atom. The van der Waals surface area contributed by atoms with Crippen molar-refractivity contribution in [3.63, 3.8) is 0 Å². The fourth-order valence-corrected chi connectivity index (χ4v) is 2.45. The first kappa shape index (κ1) is 20.2. The van der Waals surface area contributed by atoms with Gasteiger partial charge in [0.1, 0.15) is 0 Å². The number of anilines is 2. The number of hydrogen-bond donors (Lipinski definition) is 2. The molecule has 0 aromatic heterocycles. The van der Waals surface area contributed by atoms with Gasteiger partial charge in [-0.1, -0.05) is 37.6 Å². The number of para-hydroxylation sites is 1. The van der Waals surface area contributed by atoms with E-state index in [4.69, 9.17) is 4.74 Å². The minimum absolute atomic E-state index is 0.150. The third kappa shape index (κ3) is 6.58. The Morgan fingerprint density at radius 1 is 0.963 bits per heavy atom. The van der Waals surface area contributed by atoms with E-state index in [9.17, 15) is 14.4 Å². The molecule has 0 aliphatic rings. The van der Waals surface area contributed by atoms with Crippen LogP contribution in [-0.2, 0) is 20.7 Å². The zero-order valence-corrected chi connectivity index (χ0v) is 15.6. The van der Waals surface area contributed by atoms with Crippen molar-refractivity contribution in [1.82, 2.24) is 0 Å². The topological polar surface area (TPSA) is 84.5 Å². The SMILES string of the molecule is CCCCOC(=O)c1ccccc1NC(=O)Cc1ccc(NC(C)=O)cc1. The first-order chi connectivity index (χ1) is 13.0. The molecule has 0 heterocycles. The summed E-state index contributed by atoms with van der Waals surface area (Å²) in [4.78, 5) is 35.6. The molecule has 2 amide bonds. The Hall–Kier alpha value is -3.15. The number of carbonyl (C=O) groups is 3. The first-order valence-corrected chi connectivity index (χ1v) is 8.92. The lowest BCUT2D eigenvalue weighted by Crippen LogP contribution is -2.17. The Balaban J connectivity index is 1.99. The molecule has 0 unspecified atom stereocenters. The predicted octanol–water partition coefficient (Wildman–Crippen LogP) is 3.78. The molecule has 6 nitrogen and oxygen atoms in total. The van der Waals surface area contributed by atoms with Crippen LogP contribution in [0.3, 0.4) is 0 Å². The summed E-state index contributed by atoms with van der Waals surface area (Å²) < 4.78 is 5.23. The van der Waals surface area contributed by atoms with Gasteiger partial charge in [-0.3, -0.25) is 9.59 Å². The van der Waals surface area contributed by atoms with Gasteiger partial charge in [0, 0.05) is 12.6 Å². The van der Waals surface area contributed by atoms with Crippen molar-refractivity contribution in [2.24, 2.45) is 0 Å². The predicted molar refractivity (Wildman–Crippen MR) is 105 cm³/mol. The van der Waals surface area contributed by atoms with Crippen molar-refractivity contribution < 1.29 is 19.1 Å². The number of esters is 1. The summed E-state index contributed by atoms with van der Waals surface area (Å²) in [5.74, 6) is -0.835. The molecule has 0 atom stereocenters. The Morgan fingerprint density at radius 2 is 1.67 bits per heavy atom. The molecule has 2 aromatic carbocycles. The van der Waals surface area contributed by atoms with Crippen molar-refractivity contribution in [2.45, 2.75) is 33.1 Å². The van der Waals surface area contributed by atoms with E-state index < -0.39 is 5.97 Å². The number of carbonyl (C=O) groups excluding carboxylic acids is 3. The molecule has 0 aliphatic carbocycles. The van der Waals surface area contributed by atoms with Crippen molar-refractivity contribution in [3.8, 4) is 0 Å². The summed E-state index contributed by atoms with van der Waals surface area (Å²) >= 11 is 0. The van der Waals surface area contributed by atoms with Gasteiger partial charge in [-0.15, -0.1) is 0 Å². The average molecular weight is 368 g/mol. The van der Waals surface area contributed by atoms with E-state index in [1.54, 1.807) is 48.5 Å². The fraction of sp³-hybridized carbons (Fsp3) is 0.286. The highest BCUT2D eigenvalue weighted by Gasteiger charge is 2.14. The maximum absolute atomic E-state index is 12.3. The molecule has 0 saturated heterocycles. The standard InChI is InChI=1S/C21H24N2O4/c1-3-4-13-27-21(26)18-7-5-6-8-19(18)23-20(25)14-16-9-11-17(12-10-16)22-15(2)24/h5-12H,3-4,13-14H2,1-2H3,(H,22,24)(H,23,25). The van der Waals surface area contributed by atoms with Gasteiger partial charge < -0.3 is 15.4 Å². The van der Waals surface area contributed by atoms with Gasteiger partial charge in [-0.25, -0.2) is 4.79 Å². The van der Waals surface area contributed by atoms with Gasteiger partial charge in [0.25, 0.3) is 0 Å². The molecule has 0 saturated carbocycles. The van der Waals surface area contributed by atoms with E-state index in [-0.39, 0.29) is 18.2 Å². The molecular weight excluding hydrogens is 344 g/mol. The van der Waals surface area contributed by atoms with Crippen molar-refractivity contribution in [1.29, 1.82) is 0 Å². The van der Waals surface area contributed by atoms with Gasteiger partial charge >= 0.3 is 5.97 Å². The smallest absolute Gasteiger partial charge is 0.340 e. The van der Waals surface area contributed by atoms with Crippen LogP contribution < -0.4 is 10.6 Å². The zero-order valence-electron chi connectivity index (χ0n) is 15.6. The van der Waals surface area contributed by atoms with E-state index in [1.165, 1.54) is 6.92 Å². The highest BCUT2D eigenvalue weighted by Crippen LogP contribution is 2.17. The van der Waals surface area contributed by atoms with Crippen LogP contribution in [0.1, 0.15) is 42.6 Å². The zero-order chi connectivity index (χ0) is 19.6. The van der Waals surface area contributed by atoms with Crippen LogP contribution in [-0.4, -0.2) is 24.4 Å². The number of nitrogens with one attached hydrogen (secondary N) is 2. The van der Waals surface area contributed by atoms with Gasteiger partial charge in [-0.05, 0) is 36.2 Å². The number of ether oxygens (including phenoxy) is 1. The monoisotopic (exact) mass is 368 g/mol. The van der Waals surface area contributed by atoms with Crippen LogP contribution in [0, 0.1) is 0 Å². The van der Waals surface area contributed by atoms with Crippen LogP contribution >= 0.6 is 0 Å². The molecule has 0 fully saturated rings. The molecule has 0 radical (unpaired) electrons. The summed E-state index contributed by atoms with van der Waals surface area (Å²) in [5.41, 5.74) is 2.23. The van der Waals surface area contributed by atoms with Crippen LogP contribution in [0.5, 0.6) is 0 Å². The van der Waals surface area contributed by atoms with Crippen molar-refractivity contribution in [3.05, 3.63) is 59.7 Å². The van der Waals surface area contributed by atoms with Gasteiger partial charge in [-0.2, -0.15) is 0 Å². The lowest BCUT2D eigenvalue weighted by Gasteiger charge is -2.11. The second-order valence-electron chi connectivity index (χ2n) is 6.14. The van der Waals surface area contributed by atoms with E-state index in [1.807, 2.05) is 6.92 Å². The third-order valence-electron chi connectivity index (χ3n) is 3.79. The molecular formula is C21H24N2O4. The van der Waals surface area contributed by atoms with Crippen molar-refractivity contribution >= 4 is 29.2 Å². The first-order valence-electron chi connectivity index (χ1n) is 8.92. The normalized spacial score (nSPS) is 10.1. The second kappa shape index (κ2) is 10.1. The van der Waals surface area contributed by atoms with E-state index in [0.717, 1.165) is 18.4 Å². The maximum atomic E-state index is 12.3. The Bertz CT molecular complexity index is 800. The third-order valence-corrected chi connectivity index (χ3v) is 3.79. The number of unbranched alkanes of at least 4 members (excludes halogenated alkanes) is 1. The summed E-state index contributed by atoms with van der Waals surface area (Å²) in [6.07, 6.45) is 1.89. The molecule has 0 bridgehead atoms. The van der Waals surface area contributed by atoms with Crippen molar-refractivity contribution in [2.75, 3.05) is 17.2 Å². The Labute approximate surface area is 158 Å². The number of rotatable bonds is 8. The van der Waals surface area contributed by atoms with Crippen LogP contribution in [0.15, 0.2) is 48.5 Å². The maximum Gasteiger partial charge on any atom is 0.340 e. The van der Waals surface area contributed by atoms with E-state index in [2.05, 4.69) is 10.6 Å². The molecule has 6 heteroatoms. The number of hydrogen-bond acceptors (Lipinski definition) is 4. The Kier molecular flexibility index (Phi) is 7.55. The lowest BCUT2D eigenvalue weighted by molar-refractivity contribution is -0.116. The summed E-state index contributed by atoms with van der Waals surface area (Å²) in [6.45, 7) is 3.81. The van der Waals surface area contributed by atoms with E-state index in [0.29, 0.717) is 23.5 Å². The minimum Gasteiger partial charge on any atom is -0.462 e. The molecule has 2 N–H and O–H groups in total. The van der Waals surface area contributed by atoms with E-state index >= 15 is 0 Å². The summed E-state index contributed by atoms with van der Waals surface area (Å²) in [5, 5.41) is 5.44. The summed E-state index contributed by atoms with van der Waals surface area (Å²) in [6, 6.07) is 13.8. The molecule has 2 rings (SSSR count). The molecule has 2 aromatic rings. The molecule has 0 aliphatic heterocycles.